The zero-order chi connectivity index (χ0) is 15.9. The van der Waals surface area contributed by atoms with E-state index in [1.54, 1.807) is 24.3 Å². The number of hydrogen-bond acceptors (Lipinski definition) is 3. The third-order valence-corrected chi connectivity index (χ3v) is 3.19. The summed E-state index contributed by atoms with van der Waals surface area (Å²) in [5.41, 5.74) is 6.58. The van der Waals surface area contributed by atoms with Crippen molar-refractivity contribution in [2.45, 2.75) is 13.0 Å². The number of benzene rings is 2. The van der Waals surface area contributed by atoms with Gasteiger partial charge in [-0.2, -0.15) is 0 Å². The number of amides is 2. The highest BCUT2D eigenvalue weighted by atomic mass is 16.5. The van der Waals surface area contributed by atoms with Crippen molar-refractivity contribution in [1.82, 2.24) is 5.32 Å². The molecule has 0 unspecified atom stereocenters. The second-order valence-electron chi connectivity index (χ2n) is 4.88. The van der Waals surface area contributed by atoms with Gasteiger partial charge in [0.1, 0.15) is 5.75 Å². The van der Waals surface area contributed by atoms with Gasteiger partial charge in [-0.15, -0.1) is 0 Å². The lowest BCUT2D eigenvalue weighted by atomic mass is 10.1. The van der Waals surface area contributed by atoms with Gasteiger partial charge in [0.05, 0.1) is 6.04 Å². The highest BCUT2D eigenvalue weighted by Gasteiger charge is 2.09. The Morgan fingerprint density at radius 1 is 1.09 bits per heavy atom. The molecular weight excluding hydrogens is 280 g/mol. The Kier molecular flexibility index (Phi) is 5.14. The largest absolute Gasteiger partial charge is 0.484 e. The molecule has 0 aliphatic heterocycles. The van der Waals surface area contributed by atoms with Gasteiger partial charge >= 0.3 is 0 Å². The SMILES string of the molecule is C[C@H](NC(=O)COc1ccc(C(N)=O)cc1)c1ccccc1. The molecule has 2 aromatic carbocycles. The minimum Gasteiger partial charge on any atom is -0.484 e. The first-order valence-electron chi connectivity index (χ1n) is 6.93. The number of primary amides is 1. The number of nitrogens with one attached hydrogen (secondary N) is 1. The lowest BCUT2D eigenvalue weighted by molar-refractivity contribution is -0.123. The molecule has 0 aromatic heterocycles. The summed E-state index contributed by atoms with van der Waals surface area (Å²) in [5, 5.41) is 2.86. The predicted molar refractivity (Wildman–Crippen MR) is 83.5 cm³/mol. The van der Waals surface area contributed by atoms with E-state index in [-0.39, 0.29) is 18.6 Å². The van der Waals surface area contributed by atoms with Crippen molar-refractivity contribution in [3.05, 3.63) is 65.7 Å². The van der Waals surface area contributed by atoms with Crippen molar-refractivity contribution >= 4 is 11.8 Å². The van der Waals surface area contributed by atoms with Crippen LogP contribution in [0.2, 0.25) is 0 Å². The molecule has 0 fully saturated rings. The van der Waals surface area contributed by atoms with Crippen molar-refractivity contribution in [2.75, 3.05) is 6.61 Å². The van der Waals surface area contributed by atoms with Gasteiger partial charge in [0.25, 0.3) is 5.91 Å². The molecule has 22 heavy (non-hydrogen) atoms. The molecule has 0 bridgehead atoms. The molecule has 1 atom stereocenters. The van der Waals surface area contributed by atoms with Gasteiger partial charge in [-0.1, -0.05) is 30.3 Å². The summed E-state index contributed by atoms with van der Waals surface area (Å²) in [6.45, 7) is 1.82. The fourth-order valence-electron chi connectivity index (χ4n) is 1.97. The molecule has 2 rings (SSSR count). The van der Waals surface area contributed by atoms with Crippen LogP contribution in [0.5, 0.6) is 5.75 Å². The zero-order valence-electron chi connectivity index (χ0n) is 12.3. The van der Waals surface area contributed by atoms with Crippen molar-refractivity contribution in [1.29, 1.82) is 0 Å². The third kappa shape index (κ3) is 4.34. The maximum atomic E-state index is 11.9. The molecular formula is C17H18N2O3. The number of carbonyl (C=O) groups excluding carboxylic acids is 2. The Morgan fingerprint density at radius 2 is 1.73 bits per heavy atom. The van der Waals surface area contributed by atoms with Crippen LogP contribution in [0.3, 0.4) is 0 Å². The minimum atomic E-state index is -0.499. The van der Waals surface area contributed by atoms with E-state index in [1.165, 1.54) is 0 Å². The van der Waals surface area contributed by atoms with E-state index in [2.05, 4.69) is 5.32 Å². The molecule has 3 N–H and O–H groups in total. The summed E-state index contributed by atoms with van der Waals surface area (Å²) in [7, 11) is 0. The maximum Gasteiger partial charge on any atom is 0.258 e. The number of nitrogens with two attached hydrogens (primary N) is 1. The number of hydrogen-bond donors (Lipinski definition) is 2. The Labute approximate surface area is 129 Å². The number of ether oxygens (including phenoxy) is 1. The molecule has 0 saturated carbocycles. The quantitative estimate of drug-likeness (QED) is 0.856. The summed E-state index contributed by atoms with van der Waals surface area (Å²) in [6, 6.07) is 15.9. The Balaban J connectivity index is 1.83. The van der Waals surface area contributed by atoms with Crippen LogP contribution in [0.1, 0.15) is 28.9 Å². The van der Waals surface area contributed by atoms with Crippen molar-refractivity contribution < 1.29 is 14.3 Å². The molecule has 5 nitrogen and oxygen atoms in total. The van der Waals surface area contributed by atoms with Crippen LogP contribution >= 0.6 is 0 Å². The normalized spacial score (nSPS) is 11.5. The summed E-state index contributed by atoms with van der Waals surface area (Å²) >= 11 is 0. The smallest absolute Gasteiger partial charge is 0.258 e. The van der Waals surface area contributed by atoms with E-state index in [0.717, 1.165) is 5.56 Å². The molecule has 2 aromatic rings. The van der Waals surface area contributed by atoms with Gasteiger partial charge in [0.2, 0.25) is 5.91 Å². The molecule has 114 valence electrons. The van der Waals surface area contributed by atoms with Gasteiger partial charge in [0.15, 0.2) is 6.61 Å². The highest BCUT2D eigenvalue weighted by molar-refractivity contribution is 5.92. The van der Waals surface area contributed by atoms with Gasteiger partial charge in [-0.05, 0) is 36.8 Å². The summed E-state index contributed by atoms with van der Waals surface area (Å²) < 4.78 is 5.38. The van der Waals surface area contributed by atoms with Gasteiger partial charge in [-0.3, -0.25) is 9.59 Å². The highest BCUT2D eigenvalue weighted by Crippen LogP contribution is 2.13. The summed E-state index contributed by atoms with van der Waals surface area (Å²) in [6.07, 6.45) is 0. The first-order valence-corrected chi connectivity index (χ1v) is 6.93. The van der Waals surface area contributed by atoms with Crippen LogP contribution in [0.15, 0.2) is 54.6 Å². The van der Waals surface area contributed by atoms with Crippen molar-refractivity contribution in [3.8, 4) is 5.75 Å². The fourth-order valence-corrected chi connectivity index (χ4v) is 1.97. The molecule has 5 heteroatoms. The first-order chi connectivity index (χ1) is 10.6. The molecule has 0 saturated heterocycles. The van der Waals surface area contributed by atoms with Crippen LogP contribution in [-0.4, -0.2) is 18.4 Å². The monoisotopic (exact) mass is 298 g/mol. The van der Waals surface area contributed by atoms with Crippen molar-refractivity contribution in [2.24, 2.45) is 5.73 Å². The fraction of sp³-hybridized carbons (Fsp3) is 0.176. The second kappa shape index (κ2) is 7.26. The Hall–Kier alpha value is -2.82. The standard InChI is InChI=1S/C17H18N2O3/c1-12(13-5-3-2-4-6-13)19-16(20)11-22-15-9-7-14(8-10-15)17(18)21/h2-10,12H,11H2,1H3,(H2,18,21)(H,19,20)/t12-/m0/s1. The maximum absolute atomic E-state index is 11.9. The van der Waals surface area contributed by atoms with Gasteiger partial charge in [0, 0.05) is 5.56 Å². The van der Waals surface area contributed by atoms with E-state index in [9.17, 15) is 9.59 Å². The molecule has 0 heterocycles. The van der Waals surface area contributed by atoms with E-state index in [1.807, 2.05) is 37.3 Å². The average molecular weight is 298 g/mol. The Bertz CT molecular complexity index is 639. The molecule has 0 radical (unpaired) electrons. The van der Waals surface area contributed by atoms with Crippen LogP contribution in [0.4, 0.5) is 0 Å². The van der Waals surface area contributed by atoms with Crippen LogP contribution in [0.25, 0.3) is 0 Å². The molecule has 0 aliphatic rings. The number of rotatable bonds is 6. The first kappa shape index (κ1) is 15.6. The van der Waals surface area contributed by atoms with Gasteiger partial charge in [-0.25, -0.2) is 0 Å². The molecule has 0 aliphatic carbocycles. The van der Waals surface area contributed by atoms with E-state index >= 15 is 0 Å². The van der Waals surface area contributed by atoms with Crippen LogP contribution in [-0.2, 0) is 4.79 Å². The second-order valence-corrected chi connectivity index (χ2v) is 4.88. The van der Waals surface area contributed by atoms with E-state index in [0.29, 0.717) is 11.3 Å². The van der Waals surface area contributed by atoms with E-state index < -0.39 is 5.91 Å². The summed E-state index contributed by atoms with van der Waals surface area (Å²) in [5.74, 6) is -0.205. The Morgan fingerprint density at radius 3 is 2.32 bits per heavy atom. The molecule has 2 amide bonds. The summed E-state index contributed by atoms with van der Waals surface area (Å²) in [4.78, 5) is 22.8. The zero-order valence-corrected chi connectivity index (χ0v) is 12.3. The predicted octanol–water partition coefficient (Wildman–Crippen LogP) is 2.04. The third-order valence-electron chi connectivity index (χ3n) is 3.19. The van der Waals surface area contributed by atoms with Crippen molar-refractivity contribution in [3.63, 3.8) is 0 Å². The lowest BCUT2D eigenvalue weighted by Crippen LogP contribution is -2.31. The number of carbonyl (C=O) groups is 2. The van der Waals surface area contributed by atoms with E-state index in [4.69, 9.17) is 10.5 Å². The average Bonchev–Trinajstić information content (AvgIpc) is 2.54. The molecule has 0 spiro atoms. The topological polar surface area (TPSA) is 81.4 Å². The van der Waals surface area contributed by atoms with Gasteiger partial charge < -0.3 is 15.8 Å². The van der Waals surface area contributed by atoms with Crippen LogP contribution < -0.4 is 15.8 Å². The minimum absolute atomic E-state index is 0.0884. The van der Waals surface area contributed by atoms with Crippen LogP contribution in [0, 0.1) is 0 Å². The lowest BCUT2D eigenvalue weighted by Gasteiger charge is -2.14.